The van der Waals surface area contributed by atoms with Crippen LogP contribution >= 0.6 is 0 Å². The van der Waals surface area contributed by atoms with E-state index in [2.05, 4.69) is 10.6 Å². The molecule has 3 N–H and O–H groups in total. The van der Waals surface area contributed by atoms with Crippen LogP contribution in [-0.4, -0.2) is 17.6 Å². The van der Waals surface area contributed by atoms with Gasteiger partial charge in [-0.05, 0) is 48.2 Å². The number of fused-ring (bicyclic) bond motifs is 1. The maximum absolute atomic E-state index is 12.4. The van der Waals surface area contributed by atoms with Crippen LogP contribution in [0.2, 0.25) is 0 Å². The van der Waals surface area contributed by atoms with Crippen molar-refractivity contribution in [2.24, 2.45) is 0 Å². The van der Waals surface area contributed by atoms with E-state index in [0.29, 0.717) is 6.54 Å². The molecule has 0 unspecified atom stereocenters. The van der Waals surface area contributed by atoms with E-state index < -0.39 is 0 Å². The lowest BCUT2D eigenvalue weighted by atomic mass is 9.97. The maximum atomic E-state index is 12.4. The van der Waals surface area contributed by atoms with E-state index >= 15 is 0 Å². The zero-order chi connectivity index (χ0) is 14.7. The average Bonchev–Trinajstić information content (AvgIpc) is 2.53. The maximum Gasteiger partial charge on any atom is 0.251 e. The Bertz CT molecular complexity index is 650. The summed E-state index contributed by atoms with van der Waals surface area (Å²) in [6.07, 6.45) is 1.99. The molecule has 1 aliphatic heterocycles. The van der Waals surface area contributed by atoms with Gasteiger partial charge in [0.1, 0.15) is 5.75 Å². The molecular formula is C17H18N2O2. The Morgan fingerprint density at radius 3 is 2.81 bits per heavy atom. The Balaban J connectivity index is 1.72. The molecule has 0 saturated heterocycles. The highest BCUT2D eigenvalue weighted by Gasteiger charge is 2.16. The molecule has 1 amide bonds. The topological polar surface area (TPSA) is 61.4 Å². The van der Waals surface area contributed by atoms with E-state index in [1.54, 1.807) is 24.3 Å². The summed E-state index contributed by atoms with van der Waals surface area (Å²) in [5, 5.41) is 15.5. The van der Waals surface area contributed by atoms with E-state index in [-0.39, 0.29) is 11.7 Å². The first-order chi connectivity index (χ1) is 10.2. The van der Waals surface area contributed by atoms with Gasteiger partial charge < -0.3 is 15.7 Å². The molecule has 2 aromatic rings. The molecule has 1 aliphatic rings. The number of aromatic hydroxyl groups is 1. The van der Waals surface area contributed by atoms with Crippen molar-refractivity contribution in [3.8, 4) is 5.75 Å². The van der Waals surface area contributed by atoms with E-state index in [1.165, 1.54) is 0 Å². The van der Waals surface area contributed by atoms with Gasteiger partial charge in [0, 0.05) is 24.3 Å². The van der Waals surface area contributed by atoms with E-state index in [0.717, 1.165) is 41.8 Å². The first-order valence-corrected chi connectivity index (χ1v) is 7.16. The average molecular weight is 282 g/mol. The summed E-state index contributed by atoms with van der Waals surface area (Å²) in [5.41, 5.74) is 3.88. The van der Waals surface area contributed by atoms with Gasteiger partial charge in [-0.3, -0.25) is 4.79 Å². The molecule has 21 heavy (non-hydrogen) atoms. The van der Waals surface area contributed by atoms with E-state index in [4.69, 9.17) is 0 Å². The van der Waals surface area contributed by atoms with Crippen molar-refractivity contribution in [2.45, 2.75) is 19.4 Å². The summed E-state index contributed by atoms with van der Waals surface area (Å²) in [7, 11) is 0. The summed E-state index contributed by atoms with van der Waals surface area (Å²) in [6.45, 7) is 1.42. The second-order valence-electron chi connectivity index (χ2n) is 5.21. The third-order valence-electron chi connectivity index (χ3n) is 3.73. The summed E-state index contributed by atoms with van der Waals surface area (Å²) in [4.78, 5) is 12.4. The minimum atomic E-state index is -0.0522. The second-order valence-corrected chi connectivity index (χ2v) is 5.21. The third kappa shape index (κ3) is 2.99. The van der Waals surface area contributed by atoms with Gasteiger partial charge in [0.25, 0.3) is 5.91 Å². The number of anilines is 1. The van der Waals surface area contributed by atoms with Gasteiger partial charge in [-0.25, -0.2) is 0 Å². The number of carbonyl (C=O) groups is 1. The number of amides is 1. The van der Waals surface area contributed by atoms with Gasteiger partial charge in [0.05, 0.1) is 0 Å². The predicted molar refractivity (Wildman–Crippen MR) is 82.5 cm³/mol. The van der Waals surface area contributed by atoms with Gasteiger partial charge in [-0.15, -0.1) is 0 Å². The Morgan fingerprint density at radius 2 is 2.00 bits per heavy atom. The van der Waals surface area contributed by atoms with Gasteiger partial charge in [0.2, 0.25) is 0 Å². The molecule has 0 fully saturated rings. The Morgan fingerprint density at radius 1 is 1.19 bits per heavy atom. The Labute approximate surface area is 123 Å². The number of phenolic OH excluding ortho intramolecular Hbond substituents is 1. The Hall–Kier alpha value is -2.49. The van der Waals surface area contributed by atoms with Crippen LogP contribution in [0.25, 0.3) is 0 Å². The SMILES string of the molecule is O=C(NCc1ccc(O)cc1)c1cccc2c1CCCN2. The van der Waals surface area contributed by atoms with Gasteiger partial charge in [-0.2, -0.15) is 0 Å². The normalized spacial score (nSPS) is 13.1. The first-order valence-electron chi connectivity index (χ1n) is 7.16. The number of carbonyl (C=O) groups excluding carboxylic acids is 1. The summed E-state index contributed by atoms with van der Waals surface area (Å²) in [6, 6.07) is 12.6. The van der Waals surface area contributed by atoms with Crippen LogP contribution in [0.4, 0.5) is 5.69 Å². The second kappa shape index (κ2) is 5.87. The number of phenols is 1. The molecule has 0 bridgehead atoms. The number of hydrogen-bond acceptors (Lipinski definition) is 3. The molecule has 2 aromatic carbocycles. The fourth-order valence-corrected chi connectivity index (χ4v) is 2.61. The van der Waals surface area contributed by atoms with E-state index in [1.807, 2.05) is 18.2 Å². The monoisotopic (exact) mass is 282 g/mol. The number of hydrogen-bond donors (Lipinski definition) is 3. The number of rotatable bonds is 3. The first kappa shape index (κ1) is 13.5. The zero-order valence-electron chi connectivity index (χ0n) is 11.7. The fraction of sp³-hybridized carbons (Fsp3) is 0.235. The van der Waals surface area contributed by atoms with Gasteiger partial charge >= 0.3 is 0 Å². The molecule has 0 aliphatic carbocycles. The van der Waals surface area contributed by atoms with Gasteiger partial charge in [0.15, 0.2) is 0 Å². The van der Waals surface area contributed by atoms with Crippen LogP contribution in [0.5, 0.6) is 5.75 Å². The Kier molecular flexibility index (Phi) is 3.77. The van der Waals surface area contributed by atoms with Crippen LogP contribution in [0.1, 0.15) is 27.9 Å². The van der Waals surface area contributed by atoms with Crippen molar-refractivity contribution in [2.75, 3.05) is 11.9 Å². The summed E-state index contributed by atoms with van der Waals surface area (Å²) < 4.78 is 0. The summed E-state index contributed by atoms with van der Waals surface area (Å²) in [5.74, 6) is 0.178. The minimum Gasteiger partial charge on any atom is -0.508 e. The number of benzene rings is 2. The van der Waals surface area contributed by atoms with Crippen LogP contribution in [0.3, 0.4) is 0 Å². The van der Waals surface area contributed by atoms with Crippen molar-refractivity contribution in [3.05, 3.63) is 59.2 Å². The molecule has 108 valence electrons. The minimum absolute atomic E-state index is 0.0522. The largest absolute Gasteiger partial charge is 0.508 e. The quantitative estimate of drug-likeness (QED) is 0.811. The highest BCUT2D eigenvalue weighted by atomic mass is 16.3. The molecular weight excluding hydrogens is 264 g/mol. The molecule has 0 aromatic heterocycles. The van der Waals surface area contributed by atoms with Crippen LogP contribution < -0.4 is 10.6 Å². The molecule has 0 saturated carbocycles. The molecule has 4 nitrogen and oxygen atoms in total. The smallest absolute Gasteiger partial charge is 0.251 e. The standard InChI is InChI=1S/C17H18N2O2/c20-13-8-6-12(7-9-13)11-19-17(21)15-3-1-5-16-14(15)4-2-10-18-16/h1,3,5-9,18,20H,2,4,10-11H2,(H,19,21). The lowest BCUT2D eigenvalue weighted by molar-refractivity contribution is 0.0950. The van der Waals surface area contributed by atoms with Crippen LogP contribution in [0.15, 0.2) is 42.5 Å². The van der Waals surface area contributed by atoms with Crippen LogP contribution in [0, 0.1) is 0 Å². The highest BCUT2D eigenvalue weighted by Crippen LogP contribution is 2.25. The van der Waals surface area contributed by atoms with Gasteiger partial charge in [-0.1, -0.05) is 18.2 Å². The molecule has 3 rings (SSSR count). The van der Waals surface area contributed by atoms with Crippen LogP contribution in [-0.2, 0) is 13.0 Å². The zero-order valence-corrected chi connectivity index (χ0v) is 11.7. The predicted octanol–water partition coefficient (Wildman–Crippen LogP) is 2.68. The van der Waals surface area contributed by atoms with Crippen molar-refractivity contribution >= 4 is 11.6 Å². The number of nitrogens with one attached hydrogen (secondary N) is 2. The molecule has 0 radical (unpaired) electrons. The molecule has 4 heteroatoms. The van der Waals surface area contributed by atoms with E-state index in [9.17, 15) is 9.90 Å². The lowest BCUT2D eigenvalue weighted by Gasteiger charge is -2.20. The third-order valence-corrected chi connectivity index (χ3v) is 3.73. The fourth-order valence-electron chi connectivity index (χ4n) is 2.61. The van der Waals surface area contributed by atoms with Crippen molar-refractivity contribution in [3.63, 3.8) is 0 Å². The van der Waals surface area contributed by atoms with Crippen molar-refractivity contribution in [1.82, 2.24) is 5.32 Å². The molecule has 1 heterocycles. The highest BCUT2D eigenvalue weighted by molar-refractivity contribution is 5.97. The van der Waals surface area contributed by atoms with Crippen molar-refractivity contribution in [1.29, 1.82) is 0 Å². The lowest BCUT2D eigenvalue weighted by Crippen LogP contribution is -2.25. The van der Waals surface area contributed by atoms with Crippen molar-refractivity contribution < 1.29 is 9.90 Å². The summed E-state index contributed by atoms with van der Waals surface area (Å²) >= 11 is 0. The molecule has 0 atom stereocenters. The molecule has 0 spiro atoms.